The van der Waals surface area contributed by atoms with Gasteiger partial charge in [0.15, 0.2) is 0 Å². The van der Waals surface area contributed by atoms with E-state index >= 15 is 0 Å². The average Bonchev–Trinajstić information content (AvgIpc) is 2.48. The molecule has 0 aromatic heterocycles. The molecule has 1 unspecified atom stereocenters. The van der Waals surface area contributed by atoms with Crippen molar-refractivity contribution in [2.45, 2.75) is 12.5 Å². The van der Waals surface area contributed by atoms with Gasteiger partial charge >= 0.3 is 0 Å². The van der Waals surface area contributed by atoms with Crippen molar-refractivity contribution >= 4 is 27.5 Å². The molecule has 0 amide bonds. The van der Waals surface area contributed by atoms with Crippen LogP contribution in [0.5, 0.6) is 5.75 Å². The third-order valence-electron chi connectivity index (χ3n) is 2.98. The molecule has 106 valence electrons. The molecule has 0 fully saturated rings. The van der Waals surface area contributed by atoms with Gasteiger partial charge in [0.2, 0.25) is 0 Å². The summed E-state index contributed by atoms with van der Waals surface area (Å²) < 4.78 is 6.42. The van der Waals surface area contributed by atoms with Crippen LogP contribution in [-0.4, -0.2) is 17.6 Å². The molecule has 2 nitrogen and oxygen atoms in total. The first-order chi connectivity index (χ1) is 9.70. The third kappa shape index (κ3) is 4.23. The number of aliphatic hydroxyl groups is 1. The second kappa shape index (κ2) is 7.67. The Kier molecular flexibility index (Phi) is 5.89. The first kappa shape index (κ1) is 15.4. The van der Waals surface area contributed by atoms with Gasteiger partial charge in [-0.2, -0.15) is 0 Å². The fraction of sp³-hybridized carbons (Fsp3) is 0.250. The smallest absolute Gasteiger partial charge is 0.119 e. The van der Waals surface area contributed by atoms with Gasteiger partial charge in [0, 0.05) is 10.9 Å². The van der Waals surface area contributed by atoms with E-state index in [1.807, 2.05) is 48.5 Å². The van der Waals surface area contributed by atoms with Crippen molar-refractivity contribution in [1.82, 2.24) is 0 Å². The van der Waals surface area contributed by atoms with Crippen LogP contribution in [0.1, 0.15) is 17.2 Å². The standard InChI is InChI=1S/C16H16BrClO2/c17-15-4-2-1-3-13(15)11-16(19)12-5-7-14(8-6-12)20-10-9-18/h1-8,16,19H,9-11H2. The Morgan fingerprint density at radius 1 is 1.10 bits per heavy atom. The highest BCUT2D eigenvalue weighted by molar-refractivity contribution is 9.10. The van der Waals surface area contributed by atoms with Crippen LogP contribution >= 0.6 is 27.5 Å². The molecule has 0 aliphatic carbocycles. The molecule has 0 saturated heterocycles. The summed E-state index contributed by atoms with van der Waals surface area (Å²) in [5, 5.41) is 10.3. The molecule has 0 bridgehead atoms. The molecule has 2 aromatic rings. The van der Waals surface area contributed by atoms with E-state index in [9.17, 15) is 5.11 Å². The zero-order valence-corrected chi connectivity index (χ0v) is 13.3. The zero-order chi connectivity index (χ0) is 14.4. The van der Waals surface area contributed by atoms with Gasteiger partial charge < -0.3 is 9.84 Å². The molecule has 1 N–H and O–H groups in total. The Morgan fingerprint density at radius 2 is 1.80 bits per heavy atom. The summed E-state index contributed by atoms with van der Waals surface area (Å²) in [6, 6.07) is 15.4. The largest absolute Gasteiger partial charge is 0.492 e. The van der Waals surface area contributed by atoms with Gasteiger partial charge in [-0.15, -0.1) is 11.6 Å². The first-order valence-electron chi connectivity index (χ1n) is 6.41. The van der Waals surface area contributed by atoms with Crippen LogP contribution in [0, 0.1) is 0 Å². The summed E-state index contributed by atoms with van der Waals surface area (Å²) in [5.41, 5.74) is 1.96. The fourth-order valence-corrected chi connectivity index (χ4v) is 2.46. The number of alkyl halides is 1. The minimum atomic E-state index is -0.532. The van der Waals surface area contributed by atoms with Gasteiger partial charge in [-0.3, -0.25) is 0 Å². The number of halogens is 2. The molecule has 0 saturated carbocycles. The minimum Gasteiger partial charge on any atom is -0.492 e. The van der Waals surface area contributed by atoms with Crippen molar-refractivity contribution in [2.75, 3.05) is 12.5 Å². The van der Waals surface area contributed by atoms with Crippen LogP contribution in [0.3, 0.4) is 0 Å². The van der Waals surface area contributed by atoms with Crippen LogP contribution in [-0.2, 0) is 6.42 Å². The maximum atomic E-state index is 10.3. The van der Waals surface area contributed by atoms with Crippen molar-refractivity contribution < 1.29 is 9.84 Å². The topological polar surface area (TPSA) is 29.5 Å². The van der Waals surface area contributed by atoms with Gasteiger partial charge in [0.05, 0.1) is 12.0 Å². The Hall–Kier alpha value is -1.03. The van der Waals surface area contributed by atoms with Crippen LogP contribution in [0.15, 0.2) is 53.0 Å². The molecule has 20 heavy (non-hydrogen) atoms. The van der Waals surface area contributed by atoms with E-state index in [1.54, 1.807) is 0 Å². The maximum Gasteiger partial charge on any atom is 0.119 e. The summed E-state index contributed by atoms with van der Waals surface area (Å²) >= 11 is 9.06. The van der Waals surface area contributed by atoms with E-state index in [0.717, 1.165) is 21.3 Å². The molecule has 0 spiro atoms. The number of hydrogen-bond acceptors (Lipinski definition) is 2. The summed E-state index contributed by atoms with van der Waals surface area (Å²) in [4.78, 5) is 0. The van der Waals surface area contributed by atoms with E-state index < -0.39 is 6.10 Å². The summed E-state index contributed by atoms with van der Waals surface area (Å²) in [6.07, 6.45) is 0.0410. The minimum absolute atomic E-state index is 0.465. The van der Waals surface area contributed by atoms with Gasteiger partial charge in [0.1, 0.15) is 12.4 Å². The lowest BCUT2D eigenvalue weighted by Gasteiger charge is -2.13. The second-order valence-electron chi connectivity index (χ2n) is 4.42. The molecule has 2 aromatic carbocycles. The molecule has 0 heterocycles. The number of hydrogen-bond donors (Lipinski definition) is 1. The van der Waals surface area contributed by atoms with Crippen LogP contribution in [0.4, 0.5) is 0 Å². The lowest BCUT2D eigenvalue weighted by Crippen LogP contribution is -2.03. The Bertz CT molecular complexity index is 542. The lowest BCUT2D eigenvalue weighted by atomic mass is 10.0. The van der Waals surface area contributed by atoms with Gasteiger partial charge in [-0.25, -0.2) is 0 Å². The van der Waals surface area contributed by atoms with E-state index in [2.05, 4.69) is 15.9 Å². The number of ether oxygens (including phenoxy) is 1. The third-order valence-corrected chi connectivity index (χ3v) is 3.91. The van der Waals surface area contributed by atoms with E-state index in [4.69, 9.17) is 16.3 Å². The molecular weight excluding hydrogens is 340 g/mol. The Morgan fingerprint density at radius 3 is 2.45 bits per heavy atom. The van der Waals surface area contributed by atoms with Crippen LogP contribution < -0.4 is 4.74 Å². The summed E-state index contributed by atoms with van der Waals surface area (Å²) in [6.45, 7) is 0.487. The average molecular weight is 356 g/mol. The molecule has 0 aliphatic rings. The van der Waals surface area contributed by atoms with Crippen LogP contribution in [0.2, 0.25) is 0 Å². The fourth-order valence-electron chi connectivity index (χ4n) is 1.93. The van der Waals surface area contributed by atoms with E-state index in [1.165, 1.54) is 0 Å². The number of aliphatic hydroxyl groups excluding tert-OH is 1. The summed E-state index contributed by atoms with van der Waals surface area (Å²) in [5.74, 6) is 1.23. The monoisotopic (exact) mass is 354 g/mol. The zero-order valence-electron chi connectivity index (χ0n) is 10.9. The van der Waals surface area contributed by atoms with Gasteiger partial charge in [-0.1, -0.05) is 46.3 Å². The molecule has 0 aliphatic heterocycles. The van der Waals surface area contributed by atoms with E-state index in [-0.39, 0.29) is 0 Å². The summed E-state index contributed by atoms with van der Waals surface area (Å²) in [7, 11) is 0. The second-order valence-corrected chi connectivity index (χ2v) is 5.65. The van der Waals surface area contributed by atoms with Crippen LogP contribution in [0.25, 0.3) is 0 Å². The lowest BCUT2D eigenvalue weighted by molar-refractivity contribution is 0.178. The molecule has 4 heteroatoms. The number of benzene rings is 2. The predicted molar refractivity (Wildman–Crippen MR) is 85.5 cm³/mol. The highest BCUT2D eigenvalue weighted by Gasteiger charge is 2.10. The molecule has 1 atom stereocenters. The quantitative estimate of drug-likeness (QED) is 0.781. The number of rotatable bonds is 6. The van der Waals surface area contributed by atoms with Crippen molar-refractivity contribution in [2.24, 2.45) is 0 Å². The molecule has 2 rings (SSSR count). The predicted octanol–water partition coefficient (Wildman–Crippen LogP) is 4.34. The Balaban J connectivity index is 2.02. The highest BCUT2D eigenvalue weighted by Crippen LogP contribution is 2.25. The van der Waals surface area contributed by atoms with E-state index in [0.29, 0.717) is 18.9 Å². The van der Waals surface area contributed by atoms with Gasteiger partial charge in [0.25, 0.3) is 0 Å². The van der Waals surface area contributed by atoms with Crippen molar-refractivity contribution in [3.8, 4) is 5.75 Å². The SMILES string of the molecule is OC(Cc1ccccc1Br)c1ccc(OCCCl)cc1. The Labute approximate surface area is 132 Å². The van der Waals surface area contributed by atoms with Gasteiger partial charge in [-0.05, 0) is 29.3 Å². The van der Waals surface area contributed by atoms with Crippen molar-refractivity contribution in [3.63, 3.8) is 0 Å². The van der Waals surface area contributed by atoms with Crippen molar-refractivity contribution in [3.05, 3.63) is 64.1 Å². The first-order valence-corrected chi connectivity index (χ1v) is 7.73. The maximum absolute atomic E-state index is 10.3. The normalized spacial score (nSPS) is 12.2. The molecular formula is C16H16BrClO2. The molecule has 0 radical (unpaired) electrons. The highest BCUT2D eigenvalue weighted by atomic mass is 79.9. The van der Waals surface area contributed by atoms with Crippen molar-refractivity contribution in [1.29, 1.82) is 0 Å².